The van der Waals surface area contributed by atoms with E-state index in [1.165, 1.54) is 3.97 Å². The van der Waals surface area contributed by atoms with Crippen LogP contribution in [0.1, 0.15) is 0 Å². The second kappa shape index (κ2) is 4.78. The number of hydrogen-bond acceptors (Lipinski definition) is 3. The molecular formula is C14H11IN2O2S. The Morgan fingerprint density at radius 2 is 1.70 bits per heavy atom. The van der Waals surface area contributed by atoms with Crippen molar-refractivity contribution in [1.82, 2.24) is 3.97 Å². The van der Waals surface area contributed by atoms with Gasteiger partial charge in [0.25, 0.3) is 10.0 Å². The molecule has 1 heterocycles. The molecule has 0 aliphatic heterocycles. The molecule has 6 heteroatoms. The van der Waals surface area contributed by atoms with Crippen LogP contribution in [0.25, 0.3) is 10.9 Å². The summed E-state index contributed by atoms with van der Waals surface area (Å²) in [7, 11) is -3.58. The molecule has 0 unspecified atom stereocenters. The number of nitrogens with zero attached hydrogens (tertiary/aromatic N) is 1. The van der Waals surface area contributed by atoms with E-state index in [1.54, 1.807) is 54.7 Å². The Morgan fingerprint density at radius 1 is 1.00 bits per heavy atom. The van der Waals surface area contributed by atoms with E-state index in [0.29, 0.717) is 11.2 Å². The number of aromatic nitrogens is 1. The first-order chi connectivity index (χ1) is 9.51. The maximum atomic E-state index is 12.6. The summed E-state index contributed by atoms with van der Waals surface area (Å²) in [5.41, 5.74) is 7.13. The zero-order chi connectivity index (χ0) is 14.3. The lowest BCUT2D eigenvalue weighted by Crippen LogP contribution is -2.11. The third-order valence-corrected chi connectivity index (χ3v) is 6.01. The number of rotatable bonds is 2. The molecule has 1 aromatic heterocycles. The van der Waals surface area contributed by atoms with Gasteiger partial charge in [0.15, 0.2) is 0 Å². The number of fused-ring (bicyclic) bond motifs is 1. The number of halogens is 1. The molecule has 20 heavy (non-hydrogen) atoms. The summed E-state index contributed by atoms with van der Waals surface area (Å²) >= 11 is 2.13. The molecule has 0 spiro atoms. The molecule has 3 aromatic rings. The lowest BCUT2D eigenvalue weighted by Gasteiger charge is -2.08. The Balaban J connectivity index is 2.29. The van der Waals surface area contributed by atoms with Crippen LogP contribution in [0.4, 0.5) is 5.69 Å². The van der Waals surface area contributed by atoms with Gasteiger partial charge in [-0.25, -0.2) is 12.4 Å². The highest BCUT2D eigenvalue weighted by Crippen LogP contribution is 2.29. The Bertz CT molecular complexity index is 886. The molecule has 4 nitrogen and oxygen atoms in total. The number of benzene rings is 2. The second-order valence-electron chi connectivity index (χ2n) is 4.33. The summed E-state index contributed by atoms with van der Waals surface area (Å²) in [5.74, 6) is 0. The minimum atomic E-state index is -3.58. The van der Waals surface area contributed by atoms with Gasteiger partial charge in [0.1, 0.15) is 0 Å². The van der Waals surface area contributed by atoms with Gasteiger partial charge < -0.3 is 5.73 Å². The normalized spacial score (nSPS) is 11.8. The highest BCUT2D eigenvalue weighted by molar-refractivity contribution is 14.1. The fourth-order valence-corrected chi connectivity index (χ4v) is 4.09. The minimum absolute atomic E-state index is 0.268. The van der Waals surface area contributed by atoms with E-state index in [0.717, 1.165) is 8.96 Å². The molecule has 0 aliphatic carbocycles. The summed E-state index contributed by atoms with van der Waals surface area (Å²) < 4.78 is 27.4. The summed E-state index contributed by atoms with van der Waals surface area (Å²) in [6, 6.07) is 13.6. The zero-order valence-corrected chi connectivity index (χ0v) is 13.3. The van der Waals surface area contributed by atoms with Crippen LogP contribution in [-0.2, 0) is 10.0 Å². The highest BCUT2D eigenvalue weighted by Gasteiger charge is 2.19. The van der Waals surface area contributed by atoms with Crippen molar-refractivity contribution in [2.75, 3.05) is 5.73 Å². The van der Waals surface area contributed by atoms with Crippen LogP contribution in [0.15, 0.2) is 59.6 Å². The highest BCUT2D eigenvalue weighted by atomic mass is 127. The fraction of sp³-hybridized carbons (Fsp3) is 0. The van der Waals surface area contributed by atoms with E-state index in [-0.39, 0.29) is 4.90 Å². The quantitative estimate of drug-likeness (QED) is 0.533. The third kappa shape index (κ3) is 1.99. The zero-order valence-electron chi connectivity index (χ0n) is 10.3. The molecule has 2 aromatic carbocycles. The standard InChI is InChI=1S/C14H11IN2O2S/c15-14-11-8-9-17(13(11)7-6-12(14)16)20(18,19)10-4-2-1-3-5-10/h1-9H,16H2. The second-order valence-corrected chi connectivity index (χ2v) is 7.22. The van der Waals surface area contributed by atoms with Crippen molar-refractivity contribution in [2.24, 2.45) is 0 Å². The monoisotopic (exact) mass is 398 g/mol. The van der Waals surface area contributed by atoms with Gasteiger partial charge in [0.2, 0.25) is 0 Å². The molecule has 0 aliphatic rings. The average molecular weight is 398 g/mol. The lowest BCUT2D eigenvalue weighted by atomic mass is 10.2. The van der Waals surface area contributed by atoms with Crippen LogP contribution in [-0.4, -0.2) is 12.4 Å². The van der Waals surface area contributed by atoms with Gasteiger partial charge in [0.05, 0.1) is 10.4 Å². The SMILES string of the molecule is Nc1ccc2c(ccn2S(=O)(=O)c2ccccc2)c1I. The van der Waals surface area contributed by atoms with Crippen molar-refractivity contribution < 1.29 is 8.42 Å². The third-order valence-electron chi connectivity index (χ3n) is 3.10. The maximum absolute atomic E-state index is 12.6. The molecule has 3 rings (SSSR count). The van der Waals surface area contributed by atoms with E-state index in [4.69, 9.17) is 5.73 Å². The molecule has 0 saturated carbocycles. The van der Waals surface area contributed by atoms with Gasteiger partial charge in [-0.1, -0.05) is 18.2 Å². The fourth-order valence-electron chi connectivity index (χ4n) is 2.09. The van der Waals surface area contributed by atoms with E-state index in [9.17, 15) is 8.42 Å². The van der Waals surface area contributed by atoms with Crippen molar-refractivity contribution in [3.8, 4) is 0 Å². The first-order valence-electron chi connectivity index (χ1n) is 5.87. The molecule has 0 fully saturated rings. The predicted molar refractivity (Wildman–Crippen MR) is 88.1 cm³/mol. The number of hydrogen-bond donors (Lipinski definition) is 1. The Hall–Kier alpha value is -1.54. The van der Waals surface area contributed by atoms with Gasteiger partial charge in [-0.05, 0) is 52.9 Å². The van der Waals surface area contributed by atoms with Crippen molar-refractivity contribution in [3.05, 3.63) is 58.3 Å². The first-order valence-corrected chi connectivity index (χ1v) is 8.39. The van der Waals surface area contributed by atoms with Crippen LogP contribution in [0.5, 0.6) is 0 Å². The molecule has 102 valence electrons. The number of nitrogens with two attached hydrogens (primary N) is 1. The summed E-state index contributed by atoms with van der Waals surface area (Å²) in [4.78, 5) is 0.268. The van der Waals surface area contributed by atoms with E-state index >= 15 is 0 Å². The van der Waals surface area contributed by atoms with E-state index in [2.05, 4.69) is 22.6 Å². The van der Waals surface area contributed by atoms with Crippen LogP contribution < -0.4 is 5.73 Å². The summed E-state index contributed by atoms with van der Waals surface area (Å²) in [6.45, 7) is 0. The van der Waals surface area contributed by atoms with Gasteiger partial charge in [-0.15, -0.1) is 0 Å². The first kappa shape index (κ1) is 13.4. The van der Waals surface area contributed by atoms with Crippen LogP contribution in [0.2, 0.25) is 0 Å². The Labute approximate surface area is 130 Å². The lowest BCUT2D eigenvalue weighted by molar-refractivity contribution is 0.589. The van der Waals surface area contributed by atoms with Crippen molar-refractivity contribution in [2.45, 2.75) is 4.90 Å². The van der Waals surface area contributed by atoms with Gasteiger partial charge in [-0.2, -0.15) is 0 Å². The molecule has 2 N–H and O–H groups in total. The summed E-state index contributed by atoms with van der Waals surface area (Å²) in [5, 5.41) is 0.838. The van der Waals surface area contributed by atoms with Crippen molar-refractivity contribution in [1.29, 1.82) is 0 Å². The van der Waals surface area contributed by atoms with E-state index < -0.39 is 10.0 Å². The van der Waals surface area contributed by atoms with Crippen LogP contribution in [0.3, 0.4) is 0 Å². The van der Waals surface area contributed by atoms with Gasteiger partial charge in [-0.3, -0.25) is 0 Å². The van der Waals surface area contributed by atoms with Gasteiger partial charge >= 0.3 is 0 Å². The molecule has 0 atom stereocenters. The maximum Gasteiger partial charge on any atom is 0.268 e. The molecule has 0 radical (unpaired) electrons. The molecule has 0 saturated heterocycles. The average Bonchev–Trinajstić information content (AvgIpc) is 2.89. The topological polar surface area (TPSA) is 65.1 Å². The summed E-state index contributed by atoms with van der Waals surface area (Å²) in [6.07, 6.45) is 1.56. The Kier molecular flexibility index (Phi) is 3.21. The number of nitrogen functional groups attached to an aromatic ring is 1. The smallest absolute Gasteiger partial charge is 0.268 e. The molecular weight excluding hydrogens is 387 g/mol. The minimum Gasteiger partial charge on any atom is -0.398 e. The van der Waals surface area contributed by atoms with Crippen molar-refractivity contribution >= 4 is 49.2 Å². The van der Waals surface area contributed by atoms with Gasteiger partial charge in [0, 0.05) is 20.8 Å². The number of anilines is 1. The van der Waals surface area contributed by atoms with Crippen LogP contribution in [0, 0.1) is 3.57 Å². The van der Waals surface area contributed by atoms with E-state index in [1.807, 2.05) is 0 Å². The molecule has 0 bridgehead atoms. The van der Waals surface area contributed by atoms with Crippen molar-refractivity contribution in [3.63, 3.8) is 0 Å². The predicted octanol–water partition coefficient (Wildman–Crippen LogP) is 3.07. The molecule has 0 amide bonds. The largest absolute Gasteiger partial charge is 0.398 e. The Morgan fingerprint density at radius 3 is 2.40 bits per heavy atom. The van der Waals surface area contributed by atoms with Crippen LogP contribution >= 0.6 is 22.6 Å².